The highest BCUT2D eigenvalue weighted by atomic mass is 16.5. The van der Waals surface area contributed by atoms with E-state index in [2.05, 4.69) is 0 Å². The van der Waals surface area contributed by atoms with E-state index in [-0.39, 0.29) is 18.0 Å². The van der Waals surface area contributed by atoms with Crippen LogP contribution in [0.1, 0.15) is 21.5 Å². The number of ether oxygens (including phenoxy) is 4. The molecule has 0 bridgehead atoms. The number of carbonyl (C=O) groups excluding carboxylic acids is 2. The maximum Gasteiger partial charge on any atom is 0.315 e. The number of carbonyl (C=O) groups is 2. The molecule has 3 aromatic rings. The van der Waals surface area contributed by atoms with Crippen LogP contribution in [0.4, 0.5) is 0 Å². The van der Waals surface area contributed by atoms with Gasteiger partial charge in [-0.1, -0.05) is 24.3 Å². The topological polar surface area (TPSA) is 71.1 Å². The maximum atomic E-state index is 12.6. The quantitative estimate of drug-likeness (QED) is 0.336. The predicted octanol–water partition coefficient (Wildman–Crippen LogP) is 4.47. The average molecular weight is 416 g/mol. The van der Waals surface area contributed by atoms with Gasteiger partial charge in [-0.2, -0.15) is 0 Å². The molecule has 0 atom stereocenters. The van der Waals surface area contributed by atoms with Gasteiger partial charge in [-0.3, -0.25) is 9.59 Å². The van der Waals surface area contributed by atoms with E-state index in [4.69, 9.17) is 18.9 Å². The van der Waals surface area contributed by atoms with Crippen molar-refractivity contribution in [1.29, 1.82) is 0 Å². The van der Waals surface area contributed by atoms with E-state index in [9.17, 15) is 9.59 Å². The Bertz CT molecular complexity index is 1160. The fourth-order valence-electron chi connectivity index (χ4n) is 3.19. The number of hydrogen-bond acceptors (Lipinski definition) is 6. The molecule has 0 N–H and O–H groups in total. The molecule has 0 amide bonds. The number of ketones is 1. The molecule has 0 saturated carbocycles. The molecule has 1 aliphatic heterocycles. The molecule has 0 spiro atoms. The lowest BCUT2D eigenvalue weighted by Crippen LogP contribution is -2.11. The van der Waals surface area contributed by atoms with Gasteiger partial charge < -0.3 is 18.9 Å². The number of Topliss-reactive ketones (excluding diaryl/α,β-unsaturated/α-hetero) is 1. The number of esters is 1. The number of rotatable bonds is 6. The molecule has 0 saturated heterocycles. The molecule has 1 aliphatic rings. The van der Waals surface area contributed by atoms with Gasteiger partial charge in [0.2, 0.25) is 5.78 Å². The second-order valence-electron chi connectivity index (χ2n) is 6.87. The molecule has 6 heteroatoms. The maximum absolute atomic E-state index is 12.6. The van der Waals surface area contributed by atoms with Crippen LogP contribution in [0.5, 0.6) is 23.0 Å². The molecular formula is C25H20O6. The molecule has 0 aromatic heterocycles. The van der Waals surface area contributed by atoms with Crippen LogP contribution in [0, 0.1) is 0 Å². The van der Waals surface area contributed by atoms with Crippen LogP contribution in [0.25, 0.3) is 6.08 Å². The summed E-state index contributed by atoms with van der Waals surface area (Å²) in [7, 11) is 3.16. The largest absolute Gasteiger partial charge is 0.497 e. The van der Waals surface area contributed by atoms with Crippen molar-refractivity contribution in [3.63, 3.8) is 0 Å². The molecule has 4 rings (SSSR count). The fraction of sp³-hybridized carbons (Fsp3) is 0.120. The van der Waals surface area contributed by atoms with Crippen LogP contribution in [-0.2, 0) is 11.2 Å². The highest BCUT2D eigenvalue weighted by Crippen LogP contribution is 2.35. The molecule has 0 unspecified atom stereocenters. The van der Waals surface area contributed by atoms with Gasteiger partial charge >= 0.3 is 5.97 Å². The first kappa shape index (κ1) is 20.2. The fourth-order valence-corrected chi connectivity index (χ4v) is 3.19. The predicted molar refractivity (Wildman–Crippen MR) is 115 cm³/mol. The van der Waals surface area contributed by atoms with E-state index in [0.29, 0.717) is 22.8 Å². The van der Waals surface area contributed by atoms with Gasteiger partial charge in [0.15, 0.2) is 5.76 Å². The molecule has 3 aromatic carbocycles. The summed E-state index contributed by atoms with van der Waals surface area (Å²) in [5, 5.41) is 0. The van der Waals surface area contributed by atoms with E-state index >= 15 is 0 Å². The molecule has 156 valence electrons. The number of methoxy groups -OCH3 is 2. The Hall–Kier alpha value is -4.06. The Kier molecular flexibility index (Phi) is 5.71. The summed E-state index contributed by atoms with van der Waals surface area (Å²) >= 11 is 0. The second-order valence-corrected chi connectivity index (χ2v) is 6.87. The summed E-state index contributed by atoms with van der Waals surface area (Å²) in [5.41, 5.74) is 2.01. The van der Waals surface area contributed by atoms with Crippen molar-refractivity contribution in [2.24, 2.45) is 0 Å². The summed E-state index contributed by atoms with van der Waals surface area (Å²) < 4.78 is 21.5. The first-order valence-corrected chi connectivity index (χ1v) is 9.61. The van der Waals surface area contributed by atoms with Crippen molar-refractivity contribution < 1.29 is 28.5 Å². The van der Waals surface area contributed by atoms with Crippen molar-refractivity contribution in [2.75, 3.05) is 14.2 Å². The molecule has 31 heavy (non-hydrogen) atoms. The van der Waals surface area contributed by atoms with Crippen LogP contribution >= 0.6 is 0 Å². The van der Waals surface area contributed by atoms with Crippen molar-refractivity contribution in [1.82, 2.24) is 0 Å². The van der Waals surface area contributed by atoms with Crippen molar-refractivity contribution in [2.45, 2.75) is 6.42 Å². The van der Waals surface area contributed by atoms with Gasteiger partial charge in [-0.15, -0.1) is 0 Å². The number of hydrogen-bond donors (Lipinski definition) is 0. The van der Waals surface area contributed by atoms with Crippen LogP contribution in [0.15, 0.2) is 72.5 Å². The van der Waals surface area contributed by atoms with E-state index in [1.54, 1.807) is 68.8 Å². The monoisotopic (exact) mass is 416 g/mol. The Morgan fingerprint density at radius 3 is 2.39 bits per heavy atom. The van der Waals surface area contributed by atoms with Crippen molar-refractivity contribution in [3.8, 4) is 23.0 Å². The average Bonchev–Trinajstić information content (AvgIpc) is 3.08. The lowest BCUT2D eigenvalue weighted by molar-refractivity contribution is -0.133. The Morgan fingerprint density at radius 1 is 0.903 bits per heavy atom. The third-order valence-corrected chi connectivity index (χ3v) is 4.77. The van der Waals surface area contributed by atoms with Crippen molar-refractivity contribution >= 4 is 17.8 Å². The number of allylic oxidation sites excluding steroid dienone is 1. The summed E-state index contributed by atoms with van der Waals surface area (Å²) in [6, 6.07) is 19.2. The van der Waals surface area contributed by atoms with Crippen molar-refractivity contribution in [3.05, 3.63) is 89.2 Å². The standard InChI is InChI=1S/C25H20O6/c1-28-18-8-6-16(7-9-18)14-24(26)30-20-10-11-21-22(15-20)31-23(25(21)27)13-17-4-3-5-19(12-17)29-2/h3-13,15H,14H2,1-2H3/b23-13-. The van der Waals surface area contributed by atoms with Gasteiger partial charge in [-0.25, -0.2) is 0 Å². The van der Waals surface area contributed by atoms with Gasteiger partial charge in [0, 0.05) is 6.07 Å². The molecule has 0 fully saturated rings. The van der Waals surface area contributed by atoms with Gasteiger partial charge in [0.25, 0.3) is 0 Å². The first-order valence-electron chi connectivity index (χ1n) is 9.61. The summed E-state index contributed by atoms with van der Waals surface area (Å²) in [6.07, 6.45) is 1.77. The van der Waals surface area contributed by atoms with E-state index in [1.165, 1.54) is 0 Å². The smallest absolute Gasteiger partial charge is 0.315 e. The van der Waals surface area contributed by atoms with E-state index in [0.717, 1.165) is 16.9 Å². The van der Waals surface area contributed by atoms with Crippen LogP contribution in [0.2, 0.25) is 0 Å². The minimum Gasteiger partial charge on any atom is -0.497 e. The Labute approximate surface area is 179 Å². The lowest BCUT2D eigenvalue weighted by Gasteiger charge is -2.06. The molecule has 6 nitrogen and oxygen atoms in total. The SMILES string of the molecule is COc1ccc(CC(=O)Oc2ccc3c(c2)O/C(=C\c2cccc(OC)c2)C3=O)cc1. The summed E-state index contributed by atoms with van der Waals surface area (Å²) in [4.78, 5) is 24.9. The zero-order valence-electron chi connectivity index (χ0n) is 17.1. The molecule has 1 heterocycles. The Balaban J connectivity index is 1.46. The lowest BCUT2D eigenvalue weighted by atomic mass is 10.1. The first-order chi connectivity index (χ1) is 15.1. The minimum absolute atomic E-state index is 0.113. The number of fused-ring (bicyclic) bond motifs is 1. The second kappa shape index (κ2) is 8.75. The van der Waals surface area contributed by atoms with Crippen LogP contribution < -0.4 is 18.9 Å². The normalized spacial score (nSPS) is 13.5. The third kappa shape index (κ3) is 4.59. The van der Waals surface area contributed by atoms with Gasteiger partial charge in [0.1, 0.15) is 23.0 Å². The number of benzene rings is 3. The third-order valence-electron chi connectivity index (χ3n) is 4.77. The van der Waals surface area contributed by atoms with E-state index in [1.807, 2.05) is 18.2 Å². The molecule has 0 aliphatic carbocycles. The zero-order valence-corrected chi connectivity index (χ0v) is 17.1. The summed E-state index contributed by atoms with van der Waals surface area (Å²) in [6.45, 7) is 0. The minimum atomic E-state index is -0.415. The van der Waals surface area contributed by atoms with Crippen LogP contribution in [0.3, 0.4) is 0 Å². The Morgan fingerprint density at radius 2 is 1.65 bits per heavy atom. The van der Waals surface area contributed by atoms with Gasteiger partial charge in [0.05, 0.1) is 26.2 Å². The molecule has 0 radical (unpaired) electrons. The zero-order chi connectivity index (χ0) is 21.8. The van der Waals surface area contributed by atoms with Crippen LogP contribution in [-0.4, -0.2) is 26.0 Å². The highest BCUT2D eigenvalue weighted by Gasteiger charge is 2.28. The van der Waals surface area contributed by atoms with E-state index < -0.39 is 5.97 Å². The van der Waals surface area contributed by atoms with Gasteiger partial charge in [-0.05, 0) is 53.6 Å². The summed E-state index contributed by atoms with van der Waals surface area (Å²) in [5.74, 6) is 1.63. The molecular weight excluding hydrogens is 396 g/mol. The highest BCUT2D eigenvalue weighted by molar-refractivity contribution is 6.14.